The Balaban J connectivity index is 1.29. The Hall–Kier alpha value is -2.40. The van der Waals surface area contributed by atoms with Crippen LogP contribution in [0.5, 0.6) is 0 Å². The molecule has 29 heavy (non-hydrogen) atoms. The van der Waals surface area contributed by atoms with Crippen LogP contribution < -0.4 is 11.1 Å². The summed E-state index contributed by atoms with van der Waals surface area (Å²) in [5, 5.41) is 5.38. The Labute approximate surface area is 172 Å². The normalized spacial score (nSPS) is 23.2. The van der Waals surface area contributed by atoms with Crippen LogP contribution in [0, 0.1) is 5.92 Å². The van der Waals surface area contributed by atoms with E-state index >= 15 is 0 Å². The molecular weight excluding hydrogens is 362 g/mol. The van der Waals surface area contributed by atoms with Crippen molar-refractivity contribution in [1.29, 1.82) is 0 Å². The molecule has 4 rings (SSSR count). The first kappa shape index (κ1) is 19.9. The monoisotopic (exact) mass is 393 g/mol. The van der Waals surface area contributed by atoms with Gasteiger partial charge in [0.15, 0.2) is 0 Å². The maximum Gasteiger partial charge on any atom is 0.251 e. The third kappa shape index (κ3) is 4.30. The average Bonchev–Trinajstić information content (AvgIpc) is 2.71. The second-order valence-corrected chi connectivity index (χ2v) is 8.71. The van der Waals surface area contributed by atoms with Gasteiger partial charge in [0.1, 0.15) is 0 Å². The molecule has 0 saturated heterocycles. The highest BCUT2D eigenvalue weighted by Gasteiger charge is 2.34. The number of amides is 2. The summed E-state index contributed by atoms with van der Waals surface area (Å²) in [7, 11) is 1.89. The molecule has 154 valence electrons. The van der Waals surface area contributed by atoms with Gasteiger partial charge in [-0.15, -0.1) is 0 Å². The van der Waals surface area contributed by atoms with Gasteiger partial charge in [0.2, 0.25) is 5.91 Å². The van der Waals surface area contributed by atoms with Gasteiger partial charge in [-0.25, -0.2) is 0 Å². The van der Waals surface area contributed by atoms with Crippen molar-refractivity contribution in [3.05, 3.63) is 48.0 Å². The first-order valence-corrected chi connectivity index (χ1v) is 10.8. The lowest BCUT2D eigenvalue weighted by atomic mass is 9.80. The highest BCUT2D eigenvalue weighted by Crippen LogP contribution is 2.29. The summed E-state index contributed by atoms with van der Waals surface area (Å²) in [6, 6.07) is 14.0. The van der Waals surface area contributed by atoms with Crippen LogP contribution in [0.15, 0.2) is 42.5 Å². The second-order valence-electron chi connectivity index (χ2n) is 8.71. The summed E-state index contributed by atoms with van der Waals surface area (Å²) >= 11 is 0. The standard InChI is InChI=1S/C24H31N3O2/c1-27(21-7-4-8-21)24(29)22(25)17-11-13-20(14-12-17)26-23(28)19-10-9-16-5-2-3-6-18(16)15-19/h2-3,5-6,9-10,15,17,20-22H,4,7-8,11-14,25H2,1H3,(H,26,28)/t17?,20?,22-/m0/s1. The van der Waals surface area contributed by atoms with E-state index in [0.717, 1.165) is 49.3 Å². The third-order valence-electron chi connectivity index (χ3n) is 6.88. The molecule has 0 radical (unpaired) electrons. The molecule has 0 bridgehead atoms. The largest absolute Gasteiger partial charge is 0.349 e. The van der Waals surface area contributed by atoms with E-state index in [1.165, 1.54) is 6.42 Å². The Morgan fingerprint density at radius 2 is 1.69 bits per heavy atom. The number of carbonyl (C=O) groups is 2. The number of fused-ring (bicyclic) bond motifs is 1. The maximum absolute atomic E-state index is 12.7. The molecule has 0 unspecified atom stereocenters. The van der Waals surface area contributed by atoms with Gasteiger partial charge in [-0.1, -0.05) is 30.3 Å². The quantitative estimate of drug-likeness (QED) is 0.817. The van der Waals surface area contributed by atoms with E-state index < -0.39 is 6.04 Å². The summed E-state index contributed by atoms with van der Waals surface area (Å²) in [5.41, 5.74) is 7.02. The van der Waals surface area contributed by atoms with Crippen LogP contribution >= 0.6 is 0 Å². The Morgan fingerprint density at radius 1 is 1.00 bits per heavy atom. The molecule has 2 amide bonds. The zero-order valence-corrected chi connectivity index (χ0v) is 17.1. The molecule has 0 heterocycles. The van der Waals surface area contributed by atoms with Crippen molar-refractivity contribution in [3.63, 3.8) is 0 Å². The number of nitrogens with one attached hydrogen (secondary N) is 1. The highest BCUT2D eigenvalue weighted by molar-refractivity contribution is 5.98. The van der Waals surface area contributed by atoms with E-state index in [1.807, 2.05) is 54.4 Å². The minimum absolute atomic E-state index is 0.0238. The number of hydrogen-bond donors (Lipinski definition) is 2. The Bertz CT molecular complexity index is 885. The summed E-state index contributed by atoms with van der Waals surface area (Å²) in [5.74, 6) is 0.265. The van der Waals surface area contributed by atoms with Crippen molar-refractivity contribution in [2.45, 2.75) is 63.1 Å². The van der Waals surface area contributed by atoms with Crippen LogP contribution in [0.2, 0.25) is 0 Å². The molecule has 2 aliphatic rings. The van der Waals surface area contributed by atoms with E-state index in [9.17, 15) is 9.59 Å². The smallest absolute Gasteiger partial charge is 0.251 e. The van der Waals surface area contributed by atoms with E-state index in [0.29, 0.717) is 11.6 Å². The average molecular weight is 394 g/mol. The molecule has 0 aliphatic heterocycles. The van der Waals surface area contributed by atoms with Gasteiger partial charge in [0, 0.05) is 24.7 Å². The minimum Gasteiger partial charge on any atom is -0.349 e. The van der Waals surface area contributed by atoms with Crippen molar-refractivity contribution in [2.75, 3.05) is 7.05 Å². The van der Waals surface area contributed by atoms with Crippen LogP contribution in [0.3, 0.4) is 0 Å². The number of likely N-dealkylation sites (N-methyl/N-ethyl adjacent to an activating group) is 1. The lowest BCUT2D eigenvalue weighted by Gasteiger charge is -2.38. The third-order valence-corrected chi connectivity index (χ3v) is 6.88. The molecule has 3 N–H and O–H groups in total. The molecule has 0 aromatic heterocycles. The molecule has 2 aromatic rings. The van der Waals surface area contributed by atoms with Crippen LogP contribution in [0.4, 0.5) is 0 Å². The van der Waals surface area contributed by atoms with Gasteiger partial charge in [0.25, 0.3) is 5.91 Å². The SMILES string of the molecule is CN(C(=O)[C@@H](N)C1CCC(NC(=O)c2ccc3ccccc3c2)CC1)C1CCC1. The van der Waals surface area contributed by atoms with Crippen molar-refractivity contribution in [2.24, 2.45) is 11.7 Å². The molecule has 2 fully saturated rings. The van der Waals surface area contributed by atoms with Gasteiger partial charge in [-0.05, 0) is 73.8 Å². The number of nitrogens with zero attached hydrogens (tertiary/aromatic N) is 1. The van der Waals surface area contributed by atoms with Crippen molar-refractivity contribution in [3.8, 4) is 0 Å². The predicted molar refractivity (Wildman–Crippen MR) is 116 cm³/mol. The zero-order valence-electron chi connectivity index (χ0n) is 17.1. The highest BCUT2D eigenvalue weighted by atomic mass is 16.2. The lowest BCUT2D eigenvalue weighted by molar-refractivity contribution is -0.136. The zero-order chi connectivity index (χ0) is 20.4. The van der Waals surface area contributed by atoms with Crippen LogP contribution in [0.25, 0.3) is 10.8 Å². The van der Waals surface area contributed by atoms with Crippen LogP contribution in [0.1, 0.15) is 55.3 Å². The minimum atomic E-state index is -0.419. The molecule has 5 heteroatoms. The molecule has 2 aromatic carbocycles. The topological polar surface area (TPSA) is 75.4 Å². The molecule has 1 atom stereocenters. The molecule has 2 aliphatic carbocycles. The fraction of sp³-hybridized carbons (Fsp3) is 0.500. The van der Waals surface area contributed by atoms with Gasteiger partial charge in [-0.3, -0.25) is 9.59 Å². The summed E-state index contributed by atoms with van der Waals surface area (Å²) in [4.78, 5) is 27.2. The summed E-state index contributed by atoms with van der Waals surface area (Å²) < 4.78 is 0. The van der Waals surface area contributed by atoms with Crippen LogP contribution in [-0.4, -0.2) is 41.9 Å². The van der Waals surface area contributed by atoms with Gasteiger partial charge in [-0.2, -0.15) is 0 Å². The predicted octanol–water partition coefficient (Wildman–Crippen LogP) is 3.47. The van der Waals surface area contributed by atoms with Crippen molar-refractivity contribution in [1.82, 2.24) is 10.2 Å². The molecule has 5 nitrogen and oxygen atoms in total. The van der Waals surface area contributed by atoms with Gasteiger partial charge >= 0.3 is 0 Å². The van der Waals surface area contributed by atoms with E-state index in [4.69, 9.17) is 5.73 Å². The first-order chi connectivity index (χ1) is 14.0. The van der Waals surface area contributed by atoms with E-state index in [2.05, 4.69) is 5.32 Å². The number of hydrogen-bond acceptors (Lipinski definition) is 3. The van der Waals surface area contributed by atoms with E-state index in [1.54, 1.807) is 0 Å². The number of benzene rings is 2. The Morgan fingerprint density at radius 3 is 2.34 bits per heavy atom. The summed E-state index contributed by atoms with van der Waals surface area (Å²) in [6.07, 6.45) is 6.92. The molecular formula is C24H31N3O2. The van der Waals surface area contributed by atoms with Gasteiger partial charge in [0.05, 0.1) is 6.04 Å². The lowest BCUT2D eigenvalue weighted by Crippen LogP contribution is -2.52. The summed E-state index contributed by atoms with van der Waals surface area (Å²) in [6.45, 7) is 0. The molecule has 0 spiro atoms. The van der Waals surface area contributed by atoms with Crippen LogP contribution in [-0.2, 0) is 4.79 Å². The number of carbonyl (C=O) groups excluding carboxylic acids is 2. The van der Waals surface area contributed by atoms with E-state index in [-0.39, 0.29) is 23.8 Å². The fourth-order valence-electron chi connectivity index (χ4n) is 4.61. The number of nitrogens with two attached hydrogens (primary N) is 1. The number of rotatable bonds is 5. The Kier molecular flexibility index (Phi) is 5.86. The fourth-order valence-corrected chi connectivity index (χ4v) is 4.61. The second kappa shape index (κ2) is 8.54. The molecule has 2 saturated carbocycles. The first-order valence-electron chi connectivity index (χ1n) is 10.8. The van der Waals surface area contributed by atoms with Gasteiger partial charge < -0.3 is 16.0 Å². The maximum atomic E-state index is 12.7. The van der Waals surface area contributed by atoms with Crippen molar-refractivity contribution < 1.29 is 9.59 Å². The van der Waals surface area contributed by atoms with Crippen molar-refractivity contribution >= 4 is 22.6 Å².